The number of fused-ring (bicyclic) bond motifs is 1. The van der Waals surface area contributed by atoms with Crippen LogP contribution in [0.25, 0.3) is 0 Å². The smallest absolute Gasteiger partial charge is 0.341 e. The van der Waals surface area contributed by atoms with E-state index in [0.717, 1.165) is 34.2 Å². The number of carbonyl (C=O) groups excluding carboxylic acids is 1. The van der Waals surface area contributed by atoms with Gasteiger partial charge in [0.05, 0.1) is 17.2 Å². The van der Waals surface area contributed by atoms with E-state index in [9.17, 15) is 9.59 Å². The van der Waals surface area contributed by atoms with Gasteiger partial charge in [0.15, 0.2) is 0 Å². The van der Waals surface area contributed by atoms with Crippen molar-refractivity contribution in [3.8, 4) is 0 Å². The molecule has 0 spiro atoms. The monoisotopic (exact) mass is 315 g/mol. The van der Waals surface area contributed by atoms with Gasteiger partial charge in [-0.25, -0.2) is 4.79 Å². The molecule has 0 bridgehead atoms. The average Bonchev–Trinajstić information content (AvgIpc) is 3.12. The number of rotatable bonds is 3. The molecule has 1 atom stereocenters. The van der Waals surface area contributed by atoms with E-state index < -0.39 is 5.97 Å². The van der Waals surface area contributed by atoms with Gasteiger partial charge in [0.1, 0.15) is 6.61 Å². The first-order valence-corrected chi connectivity index (χ1v) is 7.88. The zero-order chi connectivity index (χ0) is 16.7. The van der Waals surface area contributed by atoms with Crippen LogP contribution in [0.4, 0.5) is 5.69 Å². The third-order valence-electron chi connectivity index (χ3n) is 5.18. The fraction of sp³-hybridized carbons (Fsp3) is 0.444. The average molecular weight is 315 g/mol. The zero-order valence-electron chi connectivity index (χ0n) is 13.4. The Morgan fingerprint density at radius 2 is 2.13 bits per heavy atom. The Morgan fingerprint density at radius 1 is 1.39 bits per heavy atom. The van der Waals surface area contributed by atoms with Crippen LogP contribution in [0.1, 0.15) is 51.9 Å². The topological polar surface area (TPSA) is 89.6 Å². The summed E-state index contributed by atoms with van der Waals surface area (Å²) in [6.45, 7) is 4.30. The van der Waals surface area contributed by atoms with Crippen molar-refractivity contribution in [1.29, 1.82) is 0 Å². The molecule has 1 saturated carbocycles. The summed E-state index contributed by atoms with van der Waals surface area (Å²) < 4.78 is 5.11. The Morgan fingerprint density at radius 3 is 2.78 bits per heavy atom. The molecule has 1 aliphatic carbocycles. The highest BCUT2D eigenvalue weighted by Gasteiger charge is 2.29. The number of aliphatic carboxylic acids is 1. The molecule has 1 aromatic rings. The summed E-state index contributed by atoms with van der Waals surface area (Å²) in [7, 11) is 0. The SMILES string of the molecule is Cc1c(C)c2c(c(N)c1CC=C1CCC(C(=O)O)C1)C(=O)OC2. The fourth-order valence-corrected chi connectivity index (χ4v) is 3.56. The molecule has 0 saturated heterocycles. The van der Waals surface area contributed by atoms with E-state index in [1.807, 2.05) is 13.8 Å². The number of allylic oxidation sites excluding steroid dienone is 2. The Bertz CT molecular complexity index is 733. The molecule has 5 heteroatoms. The Balaban J connectivity index is 1.90. The maximum absolute atomic E-state index is 11.9. The number of esters is 1. The number of hydrogen-bond donors (Lipinski definition) is 2. The van der Waals surface area contributed by atoms with Crippen molar-refractivity contribution < 1.29 is 19.4 Å². The van der Waals surface area contributed by atoms with Gasteiger partial charge in [0, 0.05) is 5.56 Å². The third kappa shape index (κ3) is 2.60. The highest BCUT2D eigenvalue weighted by molar-refractivity contribution is 6.00. The molecule has 0 amide bonds. The number of anilines is 1. The molecule has 2 aliphatic rings. The lowest BCUT2D eigenvalue weighted by atomic mass is 9.90. The molecule has 1 unspecified atom stereocenters. The standard InChI is InChI=1S/C18H21NO4/c1-9-10(2)14-8-23-18(22)15(14)16(19)13(9)6-4-11-3-5-12(7-11)17(20)21/h4,12H,3,5-8,19H2,1-2H3,(H,20,21). The van der Waals surface area contributed by atoms with Crippen LogP contribution in [-0.4, -0.2) is 17.0 Å². The van der Waals surface area contributed by atoms with Crippen LogP contribution in [0.2, 0.25) is 0 Å². The molecule has 5 nitrogen and oxygen atoms in total. The number of ether oxygens (including phenoxy) is 1. The third-order valence-corrected chi connectivity index (χ3v) is 5.18. The van der Waals surface area contributed by atoms with E-state index in [-0.39, 0.29) is 11.9 Å². The summed E-state index contributed by atoms with van der Waals surface area (Å²) in [5.41, 5.74) is 12.4. The van der Waals surface area contributed by atoms with Gasteiger partial charge < -0.3 is 15.6 Å². The largest absolute Gasteiger partial charge is 0.481 e. The Labute approximate surface area is 135 Å². The summed E-state index contributed by atoms with van der Waals surface area (Å²) in [5.74, 6) is -1.34. The van der Waals surface area contributed by atoms with Gasteiger partial charge in [-0.15, -0.1) is 0 Å². The highest BCUT2D eigenvalue weighted by atomic mass is 16.5. The molecule has 3 rings (SSSR count). The van der Waals surface area contributed by atoms with Gasteiger partial charge in [-0.2, -0.15) is 0 Å². The number of carboxylic acid groups (broad SMARTS) is 1. The van der Waals surface area contributed by atoms with Crippen molar-refractivity contribution in [1.82, 2.24) is 0 Å². The van der Waals surface area contributed by atoms with Crippen LogP contribution >= 0.6 is 0 Å². The quantitative estimate of drug-likeness (QED) is 0.508. The van der Waals surface area contributed by atoms with Gasteiger partial charge in [0.2, 0.25) is 0 Å². The van der Waals surface area contributed by atoms with E-state index in [1.165, 1.54) is 0 Å². The summed E-state index contributed by atoms with van der Waals surface area (Å²) in [4.78, 5) is 22.9. The van der Waals surface area contributed by atoms with Crippen molar-refractivity contribution in [2.45, 2.75) is 46.1 Å². The van der Waals surface area contributed by atoms with Crippen LogP contribution in [0.3, 0.4) is 0 Å². The second-order valence-corrected chi connectivity index (χ2v) is 6.42. The molecule has 0 radical (unpaired) electrons. The lowest BCUT2D eigenvalue weighted by molar-refractivity contribution is -0.141. The fourth-order valence-electron chi connectivity index (χ4n) is 3.56. The molecule has 23 heavy (non-hydrogen) atoms. The molecule has 0 aromatic heterocycles. The number of carboxylic acids is 1. The lowest BCUT2D eigenvalue weighted by Gasteiger charge is -2.15. The molecule has 1 fully saturated rings. The molecule has 3 N–H and O–H groups in total. The number of hydrogen-bond acceptors (Lipinski definition) is 4. The molecule has 122 valence electrons. The van der Waals surface area contributed by atoms with Crippen molar-refractivity contribution in [3.05, 3.63) is 39.5 Å². The number of carbonyl (C=O) groups is 2. The summed E-state index contributed by atoms with van der Waals surface area (Å²) in [5, 5.41) is 9.08. The lowest BCUT2D eigenvalue weighted by Crippen LogP contribution is -2.09. The molecule has 1 heterocycles. The van der Waals surface area contributed by atoms with Crippen LogP contribution in [0, 0.1) is 19.8 Å². The van der Waals surface area contributed by atoms with E-state index >= 15 is 0 Å². The van der Waals surface area contributed by atoms with Gasteiger partial charge in [-0.3, -0.25) is 4.79 Å². The first-order chi connectivity index (χ1) is 10.9. The Hall–Kier alpha value is -2.30. The van der Waals surface area contributed by atoms with Crippen molar-refractivity contribution in [2.75, 3.05) is 5.73 Å². The van der Waals surface area contributed by atoms with Crippen LogP contribution in [-0.2, 0) is 22.6 Å². The minimum absolute atomic E-state index is 0.267. The predicted molar refractivity (Wildman–Crippen MR) is 86.2 cm³/mol. The van der Waals surface area contributed by atoms with Crippen molar-refractivity contribution >= 4 is 17.6 Å². The minimum Gasteiger partial charge on any atom is -0.481 e. The van der Waals surface area contributed by atoms with Crippen molar-refractivity contribution in [2.24, 2.45) is 5.92 Å². The normalized spacial score (nSPS) is 21.6. The maximum atomic E-state index is 11.9. The zero-order valence-corrected chi connectivity index (χ0v) is 13.4. The van der Waals surface area contributed by atoms with Crippen LogP contribution in [0.5, 0.6) is 0 Å². The second-order valence-electron chi connectivity index (χ2n) is 6.42. The van der Waals surface area contributed by atoms with Crippen molar-refractivity contribution in [3.63, 3.8) is 0 Å². The van der Waals surface area contributed by atoms with Gasteiger partial charge in [0.25, 0.3) is 0 Å². The summed E-state index contributed by atoms with van der Waals surface area (Å²) in [6, 6.07) is 0. The molecule has 1 aliphatic heterocycles. The summed E-state index contributed by atoms with van der Waals surface area (Å²) >= 11 is 0. The van der Waals surface area contributed by atoms with E-state index in [4.69, 9.17) is 15.6 Å². The number of cyclic esters (lactones) is 1. The number of nitrogens with two attached hydrogens (primary N) is 1. The summed E-state index contributed by atoms with van der Waals surface area (Å²) in [6.07, 6.45) is 4.84. The minimum atomic E-state index is -0.722. The highest BCUT2D eigenvalue weighted by Crippen LogP contribution is 2.36. The van der Waals surface area contributed by atoms with E-state index in [0.29, 0.717) is 37.1 Å². The second kappa shape index (κ2) is 5.72. The van der Waals surface area contributed by atoms with Crippen LogP contribution in [0.15, 0.2) is 11.6 Å². The number of benzene rings is 1. The Kier molecular flexibility index (Phi) is 3.88. The van der Waals surface area contributed by atoms with E-state index in [1.54, 1.807) is 0 Å². The molecular weight excluding hydrogens is 294 g/mol. The molecule has 1 aromatic carbocycles. The van der Waals surface area contributed by atoms with Crippen LogP contribution < -0.4 is 5.73 Å². The molecular formula is C18H21NO4. The number of nitrogen functional groups attached to an aromatic ring is 1. The van der Waals surface area contributed by atoms with Gasteiger partial charge >= 0.3 is 11.9 Å². The van der Waals surface area contributed by atoms with Gasteiger partial charge in [-0.1, -0.05) is 11.6 Å². The van der Waals surface area contributed by atoms with Gasteiger partial charge in [-0.05, 0) is 56.2 Å². The first kappa shape index (κ1) is 15.6. The first-order valence-electron chi connectivity index (χ1n) is 7.88. The van der Waals surface area contributed by atoms with E-state index in [2.05, 4.69) is 6.08 Å². The maximum Gasteiger partial charge on any atom is 0.341 e. The predicted octanol–water partition coefficient (Wildman–Crippen LogP) is 2.91.